The van der Waals surface area contributed by atoms with Crippen LogP contribution in [0.15, 0.2) is 24.3 Å². The monoisotopic (exact) mass is 265 g/mol. The molecule has 106 valence electrons. The first kappa shape index (κ1) is 14.3. The third-order valence-corrected chi connectivity index (χ3v) is 3.79. The maximum absolute atomic E-state index is 14.7. The zero-order valence-corrected chi connectivity index (χ0v) is 11.9. The Morgan fingerprint density at radius 3 is 2.95 bits per heavy atom. The van der Waals surface area contributed by atoms with Crippen molar-refractivity contribution in [1.29, 1.82) is 0 Å². The van der Waals surface area contributed by atoms with E-state index < -0.39 is 5.67 Å². The van der Waals surface area contributed by atoms with Gasteiger partial charge in [0.1, 0.15) is 11.4 Å². The molecule has 1 aromatic rings. The normalized spacial score (nSPS) is 22.8. The van der Waals surface area contributed by atoms with E-state index >= 15 is 0 Å². The Kier molecular flexibility index (Phi) is 4.81. The molecule has 1 saturated heterocycles. The van der Waals surface area contributed by atoms with Crippen LogP contribution in [0.5, 0.6) is 5.75 Å². The van der Waals surface area contributed by atoms with Gasteiger partial charge >= 0.3 is 0 Å². The van der Waals surface area contributed by atoms with E-state index in [2.05, 4.69) is 5.32 Å². The van der Waals surface area contributed by atoms with Gasteiger partial charge in [0.15, 0.2) is 0 Å². The molecule has 0 amide bonds. The molecule has 2 unspecified atom stereocenters. The molecule has 0 aliphatic carbocycles. The second kappa shape index (κ2) is 6.38. The van der Waals surface area contributed by atoms with Crippen LogP contribution in [0.3, 0.4) is 0 Å². The van der Waals surface area contributed by atoms with Crippen molar-refractivity contribution in [3.05, 3.63) is 29.8 Å². The summed E-state index contributed by atoms with van der Waals surface area (Å²) >= 11 is 0. The molecule has 0 aromatic heterocycles. The van der Waals surface area contributed by atoms with Crippen LogP contribution in [0.25, 0.3) is 0 Å². The van der Waals surface area contributed by atoms with Gasteiger partial charge in [-0.25, -0.2) is 4.39 Å². The van der Waals surface area contributed by atoms with Crippen molar-refractivity contribution in [1.82, 2.24) is 5.32 Å². The largest absolute Gasteiger partial charge is 0.497 e. The Morgan fingerprint density at radius 1 is 1.42 bits per heavy atom. The van der Waals surface area contributed by atoms with Gasteiger partial charge in [-0.15, -0.1) is 0 Å². The maximum Gasteiger partial charge on any atom is 0.119 e. The van der Waals surface area contributed by atoms with Crippen molar-refractivity contribution in [3.8, 4) is 5.75 Å². The Labute approximate surface area is 115 Å². The molecule has 0 bridgehead atoms. The summed E-state index contributed by atoms with van der Waals surface area (Å²) in [5, 5.41) is 3.42. The fourth-order valence-electron chi connectivity index (χ4n) is 2.89. The first-order chi connectivity index (χ1) is 9.09. The average molecular weight is 265 g/mol. The molecule has 1 N–H and O–H groups in total. The van der Waals surface area contributed by atoms with Gasteiger partial charge in [0.05, 0.1) is 7.11 Å². The van der Waals surface area contributed by atoms with Crippen molar-refractivity contribution in [2.75, 3.05) is 13.7 Å². The van der Waals surface area contributed by atoms with E-state index in [1.54, 1.807) is 14.0 Å². The number of hydrogen-bond acceptors (Lipinski definition) is 2. The third kappa shape index (κ3) is 4.50. The predicted molar refractivity (Wildman–Crippen MR) is 76.5 cm³/mol. The fourth-order valence-corrected chi connectivity index (χ4v) is 2.89. The molecule has 1 aromatic carbocycles. The second-order valence-corrected chi connectivity index (χ2v) is 5.79. The van der Waals surface area contributed by atoms with Crippen LogP contribution in [0.2, 0.25) is 0 Å². The van der Waals surface area contributed by atoms with Crippen LogP contribution < -0.4 is 10.1 Å². The summed E-state index contributed by atoms with van der Waals surface area (Å²) in [5.41, 5.74) is -0.165. The molecule has 1 fully saturated rings. The lowest BCUT2D eigenvalue weighted by molar-refractivity contribution is 0.146. The highest BCUT2D eigenvalue weighted by Crippen LogP contribution is 2.27. The number of hydrogen-bond donors (Lipinski definition) is 1. The van der Waals surface area contributed by atoms with E-state index in [-0.39, 0.29) is 0 Å². The van der Waals surface area contributed by atoms with Crippen LogP contribution in [0.4, 0.5) is 4.39 Å². The molecule has 19 heavy (non-hydrogen) atoms. The lowest BCUT2D eigenvalue weighted by atomic mass is 9.88. The Hall–Kier alpha value is -1.09. The Bertz CT molecular complexity index is 399. The van der Waals surface area contributed by atoms with Crippen LogP contribution >= 0.6 is 0 Å². The molecule has 2 rings (SSSR count). The van der Waals surface area contributed by atoms with Crippen molar-refractivity contribution < 1.29 is 9.13 Å². The highest BCUT2D eigenvalue weighted by atomic mass is 19.1. The second-order valence-electron chi connectivity index (χ2n) is 5.79. The minimum Gasteiger partial charge on any atom is -0.497 e. The average Bonchev–Trinajstić information content (AvgIpc) is 2.39. The number of piperidine rings is 1. The van der Waals surface area contributed by atoms with Gasteiger partial charge < -0.3 is 10.1 Å². The predicted octanol–water partition coefficient (Wildman–Crippen LogP) is 3.50. The summed E-state index contributed by atoms with van der Waals surface area (Å²) in [4.78, 5) is 0. The summed E-state index contributed by atoms with van der Waals surface area (Å²) in [6, 6.07) is 8.03. The zero-order valence-electron chi connectivity index (χ0n) is 11.9. The number of benzene rings is 1. The lowest BCUT2D eigenvalue weighted by Crippen LogP contribution is -2.40. The molecular weight excluding hydrogens is 241 g/mol. The zero-order chi connectivity index (χ0) is 13.7. The fraction of sp³-hybridized carbons (Fsp3) is 0.625. The van der Waals surface area contributed by atoms with Gasteiger partial charge in [0.2, 0.25) is 0 Å². The molecule has 1 aliphatic heterocycles. The number of nitrogens with one attached hydrogen (secondary N) is 1. The molecule has 0 spiro atoms. The number of rotatable bonds is 5. The van der Waals surface area contributed by atoms with Crippen LogP contribution in [0.1, 0.15) is 38.2 Å². The summed E-state index contributed by atoms with van der Waals surface area (Å²) in [7, 11) is 1.64. The minimum absolute atomic E-state index is 0.328. The Balaban J connectivity index is 1.94. The van der Waals surface area contributed by atoms with Crippen molar-refractivity contribution in [2.24, 2.45) is 0 Å². The number of halogens is 1. The topological polar surface area (TPSA) is 21.3 Å². The molecule has 3 heteroatoms. The van der Waals surface area contributed by atoms with Crippen LogP contribution in [-0.4, -0.2) is 25.4 Å². The first-order valence-corrected chi connectivity index (χ1v) is 7.14. The van der Waals surface area contributed by atoms with Gasteiger partial charge in [-0.2, -0.15) is 0 Å². The number of alkyl halides is 1. The smallest absolute Gasteiger partial charge is 0.119 e. The number of methoxy groups -OCH3 is 1. The van der Waals surface area contributed by atoms with Crippen LogP contribution in [0, 0.1) is 0 Å². The van der Waals surface area contributed by atoms with Gasteiger partial charge in [-0.05, 0) is 50.4 Å². The molecule has 2 nitrogen and oxygen atoms in total. The van der Waals surface area contributed by atoms with Gasteiger partial charge in [-0.3, -0.25) is 0 Å². The van der Waals surface area contributed by atoms with Gasteiger partial charge in [0, 0.05) is 12.5 Å². The number of ether oxygens (including phenoxy) is 1. The van der Waals surface area contributed by atoms with Crippen molar-refractivity contribution in [3.63, 3.8) is 0 Å². The molecular formula is C16H24FNO. The first-order valence-electron chi connectivity index (χ1n) is 7.14. The molecule has 2 atom stereocenters. The van der Waals surface area contributed by atoms with Crippen molar-refractivity contribution >= 4 is 0 Å². The SMILES string of the molecule is COc1cccc(CC(C)(F)CC2CCCCN2)c1. The van der Waals surface area contributed by atoms with E-state index in [4.69, 9.17) is 4.74 Å². The minimum atomic E-state index is -1.17. The third-order valence-electron chi connectivity index (χ3n) is 3.79. The standard InChI is InChI=1S/C16H24FNO/c1-16(17,12-14-7-3-4-9-18-14)11-13-6-5-8-15(10-13)19-2/h5-6,8,10,14,18H,3-4,7,9,11-12H2,1-2H3. The van der Waals surface area contributed by atoms with E-state index in [0.29, 0.717) is 18.9 Å². The summed E-state index contributed by atoms with van der Waals surface area (Å²) in [5.74, 6) is 0.795. The highest BCUT2D eigenvalue weighted by molar-refractivity contribution is 5.29. The Morgan fingerprint density at radius 2 is 2.26 bits per heavy atom. The van der Waals surface area contributed by atoms with E-state index in [0.717, 1.165) is 24.3 Å². The molecule has 0 saturated carbocycles. The molecule has 1 heterocycles. The van der Waals surface area contributed by atoms with Crippen LogP contribution in [-0.2, 0) is 6.42 Å². The van der Waals surface area contributed by atoms with E-state index in [1.807, 2.05) is 24.3 Å². The van der Waals surface area contributed by atoms with Gasteiger partial charge in [-0.1, -0.05) is 18.6 Å². The molecule has 1 aliphatic rings. The summed E-state index contributed by atoms with van der Waals surface area (Å²) in [6.07, 6.45) is 4.56. The highest BCUT2D eigenvalue weighted by Gasteiger charge is 2.28. The lowest BCUT2D eigenvalue weighted by Gasteiger charge is -2.30. The van der Waals surface area contributed by atoms with E-state index in [9.17, 15) is 4.39 Å². The van der Waals surface area contributed by atoms with E-state index in [1.165, 1.54) is 12.8 Å². The van der Waals surface area contributed by atoms with Gasteiger partial charge in [0.25, 0.3) is 0 Å². The quantitative estimate of drug-likeness (QED) is 0.880. The molecule has 0 radical (unpaired) electrons. The summed E-state index contributed by atoms with van der Waals surface area (Å²) in [6.45, 7) is 2.74. The maximum atomic E-state index is 14.7. The van der Waals surface area contributed by atoms with Crippen molar-refractivity contribution in [2.45, 2.75) is 50.7 Å². The summed E-state index contributed by atoms with van der Waals surface area (Å²) < 4.78 is 19.9.